The van der Waals surface area contributed by atoms with E-state index in [0.717, 1.165) is 37.7 Å². The molecule has 0 aromatic heterocycles. The lowest BCUT2D eigenvalue weighted by Gasteiger charge is -2.40. The van der Waals surface area contributed by atoms with Gasteiger partial charge in [-0.2, -0.15) is 0 Å². The second kappa shape index (κ2) is 4.35. The molecule has 3 heteroatoms. The summed E-state index contributed by atoms with van der Waals surface area (Å²) in [6.45, 7) is 2.11. The van der Waals surface area contributed by atoms with Crippen LogP contribution in [0.15, 0.2) is 11.6 Å². The number of fused-ring (bicyclic) bond motifs is 1. The average Bonchev–Trinajstić information content (AvgIpc) is 2.17. The van der Waals surface area contributed by atoms with E-state index in [4.69, 9.17) is 0 Å². The highest BCUT2D eigenvalue weighted by atomic mass is 16.3. The Morgan fingerprint density at radius 1 is 1.53 bits per heavy atom. The van der Waals surface area contributed by atoms with Crippen molar-refractivity contribution in [3.8, 4) is 0 Å². The Morgan fingerprint density at radius 3 is 3.07 bits per heavy atom. The Labute approximate surface area is 90.6 Å². The van der Waals surface area contributed by atoms with Gasteiger partial charge in [0.25, 0.3) is 0 Å². The van der Waals surface area contributed by atoms with Gasteiger partial charge < -0.3 is 10.4 Å². The first-order valence-electron chi connectivity index (χ1n) is 5.91. The number of nitrogens with one attached hydrogen (secondary N) is 1. The SMILES string of the molecule is CCCC1=CC(=O)NC2CCCC(O)C12. The number of carbonyl (C=O) groups is 1. The van der Waals surface area contributed by atoms with Gasteiger partial charge in [0, 0.05) is 18.0 Å². The molecular formula is C12H19NO2. The van der Waals surface area contributed by atoms with Crippen molar-refractivity contribution in [2.45, 2.75) is 51.2 Å². The highest BCUT2D eigenvalue weighted by Gasteiger charge is 2.37. The normalized spacial score (nSPS) is 35.5. The van der Waals surface area contributed by atoms with Crippen LogP contribution in [0.3, 0.4) is 0 Å². The van der Waals surface area contributed by atoms with Crippen molar-refractivity contribution in [3.63, 3.8) is 0 Å². The predicted octanol–water partition coefficient (Wildman–Crippen LogP) is 1.37. The molecule has 0 spiro atoms. The first kappa shape index (κ1) is 10.7. The maximum Gasteiger partial charge on any atom is 0.244 e. The van der Waals surface area contributed by atoms with Crippen molar-refractivity contribution >= 4 is 5.91 Å². The van der Waals surface area contributed by atoms with Gasteiger partial charge in [0.1, 0.15) is 0 Å². The molecule has 0 bridgehead atoms. The zero-order valence-electron chi connectivity index (χ0n) is 9.20. The summed E-state index contributed by atoms with van der Waals surface area (Å²) in [6, 6.07) is 0.174. The molecule has 3 unspecified atom stereocenters. The molecule has 0 aromatic rings. The molecule has 2 N–H and O–H groups in total. The third kappa shape index (κ3) is 2.07. The molecule has 84 valence electrons. The lowest BCUT2D eigenvalue weighted by molar-refractivity contribution is -0.119. The van der Waals surface area contributed by atoms with Gasteiger partial charge in [0.05, 0.1) is 6.10 Å². The summed E-state index contributed by atoms with van der Waals surface area (Å²) < 4.78 is 0. The number of aliphatic hydroxyl groups excluding tert-OH is 1. The molecule has 1 aliphatic heterocycles. The van der Waals surface area contributed by atoms with E-state index in [1.807, 2.05) is 0 Å². The van der Waals surface area contributed by atoms with Gasteiger partial charge in [-0.05, 0) is 25.7 Å². The molecule has 1 amide bonds. The van der Waals surface area contributed by atoms with Gasteiger partial charge in [-0.25, -0.2) is 0 Å². The second-order valence-electron chi connectivity index (χ2n) is 4.61. The molecule has 3 nitrogen and oxygen atoms in total. The maximum absolute atomic E-state index is 11.4. The molecular weight excluding hydrogens is 190 g/mol. The number of hydrogen-bond donors (Lipinski definition) is 2. The zero-order chi connectivity index (χ0) is 10.8. The molecule has 1 saturated carbocycles. The minimum absolute atomic E-state index is 0.0220. The van der Waals surface area contributed by atoms with Crippen molar-refractivity contribution in [1.29, 1.82) is 0 Å². The van der Waals surface area contributed by atoms with Crippen LogP contribution in [0.1, 0.15) is 39.0 Å². The van der Waals surface area contributed by atoms with E-state index in [9.17, 15) is 9.90 Å². The molecule has 0 saturated heterocycles. The van der Waals surface area contributed by atoms with E-state index in [1.54, 1.807) is 6.08 Å². The van der Waals surface area contributed by atoms with E-state index in [0.29, 0.717) is 0 Å². The van der Waals surface area contributed by atoms with Crippen LogP contribution in [0.5, 0.6) is 0 Å². The van der Waals surface area contributed by atoms with Gasteiger partial charge in [-0.3, -0.25) is 4.79 Å². The van der Waals surface area contributed by atoms with Gasteiger partial charge in [-0.1, -0.05) is 18.9 Å². The number of carbonyl (C=O) groups excluding carboxylic acids is 1. The summed E-state index contributed by atoms with van der Waals surface area (Å²) in [6.07, 6.45) is 6.30. The van der Waals surface area contributed by atoms with Gasteiger partial charge in [-0.15, -0.1) is 0 Å². The molecule has 1 fully saturated rings. The smallest absolute Gasteiger partial charge is 0.244 e. The van der Waals surface area contributed by atoms with Crippen LogP contribution in [-0.2, 0) is 4.79 Å². The van der Waals surface area contributed by atoms with Crippen molar-refractivity contribution in [1.82, 2.24) is 5.32 Å². The Morgan fingerprint density at radius 2 is 2.33 bits per heavy atom. The van der Waals surface area contributed by atoms with Crippen molar-refractivity contribution in [2.24, 2.45) is 5.92 Å². The van der Waals surface area contributed by atoms with Crippen LogP contribution in [0.2, 0.25) is 0 Å². The van der Waals surface area contributed by atoms with Crippen molar-refractivity contribution in [3.05, 3.63) is 11.6 Å². The lowest BCUT2D eigenvalue weighted by atomic mass is 9.74. The fourth-order valence-electron chi connectivity index (χ4n) is 2.86. The first-order chi connectivity index (χ1) is 7.22. The van der Waals surface area contributed by atoms with Gasteiger partial charge in [0.2, 0.25) is 5.91 Å². The number of rotatable bonds is 2. The predicted molar refractivity (Wildman–Crippen MR) is 58.3 cm³/mol. The summed E-state index contributed by atoms with van der Waals surface area (Å²) in [5.41, 5.74) is 1.15. The van der Waals surface area contributed by atoms with E-state index in [1.165, 1.54) is 0 Å². The molecule has 0 aromatic carbocycles. The molecule has 3 atom stereocenters. The zero-order valence-corrected chi connectivity index (χ0v) is 9.20. The molecule has 2 rings (SSSR count). The highest BCUT2D eigenvalue weighted by molar-refractivity contribution is 5.89. The third-order valence-electron chi connectivity index (χ3n) is 3.47. The minimum Gasteiger partial charge on any atom is -0.392 e. The summed E-state index contributed by atoms with van der Waals surface area (Å²) in [5, 5.41) is 13.0. The quantitative estimate of drug-likeness (QED) is 0.721. The lowest BCUT2D eigenvalue weighted by Crippen LogP contribution is -2.50. The molecule has 0 radical (unpaired) electrons. The fourth-order valence-corrected chi connectivity index (χ4v) is 2.86. The van der Waals surface area contributed by atoms with Crippen LogP contribution < -0.4 is 5.32 Å². The minimum atomic E-state index is -0.262. The summed E-state index contributed by atoms with van der Waals surface area (Å²) >= 11 is 0. The Bertz CT molecular complexity index is 285. The fraction of sp³-hybridized carbons (Fsp3) is 0.750. The van der Waals surface area contributed by atoms with Crippen LogP contribution in [0.4, 0.5) is 0 Å². The first-order valence-corrected chi connectivity index (χ1v) is 5.91. The maximum atomic E-state index is 11.4. The van der Waals surface area contributed by atoms with Crippen molar-refractivity contribution < 1.29 is 9.90 Å². The summed E-state index contributed by atoms with van der Waals surface area (Å²) in [7, 11) is 0. The third-order valence-corrected chi connectivity index (χ3v) is 3.47. The van der Waals surface area contributed by atoms with E-state index in [2.05, 4.69) is 12.2 Å². The van der Waals surface area contributed by atoms with E-state index >= 15 is 0 Å². The molecule has 15 heavy (non-hydrogen) atoms. The number of hydrogen-bond acceptors (Lipinski definition) is 2. The van der Waals surface area contributed by atoms with Gasteiger partial charge in [0.15, 0.2) is 0 Å². The Hall–Kier alpha value is -0.830. The second-order valence-corrected chi connectivity index (χ2v) is 4.61. The van der Waals surface area contributed by atoms with E-state index in [-0.39, 0.29) is 24.0 Å². The van der Waals surface area contributed by atoms with Crippen molar-refractivity contribution in [2.75, 3.05) is 0 Å². The number of aliphatic hydroxyl groups is 1. The number of amides is 1. The van der Waals surface area contributed by atoms with E-state index < -0.39 is 0 Å². The Kier molecular flexibility index (Phi) is 3.10. The average molecular weight is 209 g/mol. The van der Waals surface area contributed by atoms with Crippen LogP contribution in [-0.4, -0.2) is 23.2 Å². The Balaban J connectivity index is 2.21. The monoisotopic (exact) mass is 209 g/mol. The molecule has 1 heterocycles. The summed E-state index contributed by atoms with van der Waals surface area (Å²) in [5.74, 6) is 0.199. The largest absolute Gasteiger partial charge is 0.392 e. The topological polar surface area (TPSA) is 49.3 Å². The molecule has 2 aliphatic rings. The molecule has 1 aliphatic carbocycles. The van der Waals surface area contributed by atoms with Crippen LogP contribution in [0.25, 0.3) is 0 Å². The highest BCUT2D eigenvalue weighted by Crippen LogP contribution is 2.34. The van der Waals surface area contributed by atoms with Crippen LogP contribution >= 0.6 is 0 Å². The summed E-state index contributed by atoms with van der Waals surface area (Å²) in [4.78, 5) is 11.4. The standard InChI is InChI=1S/C12H19NO2/c1-2-4-8-7-11(15)13-9-5-3-6-10(14)12(8)9/h7,9-10,12,14H,2-6H2,1H3,(H,13,15). The van der Waals surface area contributed by atoms with Crippen LogP contribution in [0, 0.1) is 5.92 Å². The van der Waals surface area contributed by atoms with Gasteiger partial charge >= 0.3 is 0 Å².